The summed E-state index contributed by atoms with van der Waals surface area (Å²) in [4.78, 5) is 14.1. The maximum atomic E-state index is 12.2. The van der Waals surface area contributed by atoms with E-state index in [0.717, 1.165) is 57.3 Å². The third kappa shape index (κ3) is 2.64. The van der Waals surface area contributed by atoms with Crippen molar-refractivity contribution < 1.29 is 9.53 Å². The van der Waals surface area contributed by atoms with Crippen LogP contribution in [0.15, 0.2) is 12.3 Å². The molecule has 0 bridgehead atoms. The summed E-state index contributed by atoms with van der Waals surface area (Å²) < 4.78 is 5.72. The zero-order valence-electron chi connectivity index (χ0n) is 12.2. The molecule has 2 fully saturated rings. The van der Waals surface area contributed by atoms with Gasteiger partial charge in [-0.1, -0.05) is 33.3 Å². The highest BCUT2D eigenvalue weighted by atomic mass is 16.6. The number of carbonyl (C=O) groups is 1. The summed E-state index contributed by atoms with van der Waals surface area (Å²) in [5.74, 6) is 0. The van der Waals surface area contributed by atoms with E-state index < -0.39 is 5.60 Å². The SMILES string of the molecule is C=C1N(C(CC)CCCC)C(=O)OC12CCNCC2. The van der Waals surface area contributed by atoms with Crippen LogP contribution in [-0.2, 0) is 4.74 Å². The summed E-state index contributed by atoms with van der Waals surface area (Å²) in [5, 5.41) is 3.31. The third-order valence-electron chi connectivity index (χ3n) is 4.43. The van der Waals surface area contributed by atoms with Gasteiger partial charge in [0.25, 0.3) is 0 Å². The molecule has 2 aliphatic heterocycles. The van der Waals surface area contributed by atoms with Gasteiger partial charge in [-0.15, -0.1) is 0 Å². The fraction of sp³-hybridized carbons (Fsp3) is 0.800. The molecule has 4 heteroatoms. The van der Waals surface area contributed by atoms with Crippen LogP contribution in [-0.4, -0.2) is 35.7 Å². The van der Waals surface area contributed by atoms with Crippen LogP contribution >= 0.6 is 0 Å². The molecule has 0 aromatic carbocycles. The zero-order chi connectivity index (χ0) is 13.9. The second-order valence-corrected chi connectivity index (χ2v) is 5.63. The van der Waals surface area contributed by atoms with Crippen molar-refractivity contribution in [1.29, 1.82) is 0 Å². The fourth-order valence-corrected chi connectivity index (χ4v) is 3.15. The number of unbranched alkanes of at least 4 members (excludes halogenated alkanes) is 1. The summed E-state index contributed by atoms with van der Waals surface area (Å²) in [6.07, 6.45) is 5.80. The highest BCUT2D eigenvalue weighted by molar-refractivity contribution is 5.75. The van der Waals surface area contributed by atoms with Gasteiger partial charge >= 0.3 is 6.09 Å². The van der Waals surface area contributed by atoms with Gasteiger partial charge in [0.1, 0.15) is 0 Å². The van der Waals surface area contributed by atoms with E-state index in [0.29, 0.717) is 0 Å². The highest BCUT2D eigenvalue weighted by Gasteiger charge is 2.50. The normalized spacial score (nSPS) is 23.8. The van der Waals surface area contributed by atoms with E-state index in [1.807, 2.05) is 4.90 Å². The van der Waals surface area contributed by atoms with Crippen molar-refractivity contribution >= 4 is 6.09 Å². The van der Waals surface area contributed by atoms with Crippen LogP contribution in [0.1, 0.15) is 52.4 Å². The van der Waals surface area contributed by atoms with Crippen molar-refractivity contribution in [2.75, 3.05) is 13.1 Å². The predicted molar refractivity (Wildman–Crippen MR) is 75.9 cm³/mol. The first-order valence-corrected chi connectivity index (χ1v) is 7.57. The van der Waals surface area contributed by atoms with Gasteiger partial charge in [0.2, 0.25) is 0 Å². The van der Waals surface area contributed by atoms with E-state index in [1.165, 1.54) is 0 Å². The average molecular weight is 266 g/mol. The van der Waals surface area contributed by atoms with Crippen molar-refractivity contribution in [3.8, 4) is 0 Å². The molecule has 0 radical (unpaired) electrons. The minimum absolute atomic E-state index is 0.185. The number of piperidine rings is 1. The third-order valence-corrected chi connectivity index (χ3v) is 4.43. The second-order valence-electron chi connectivity index (χ2n) is 5.63. The zero-order valence-corrected chi connectivity index (χ0v) is 12.2. The number of nitrogens with zero attached hydrogens (tertiary/aromatic N) is 1. The Balaban J connectivity index is 2.12. The number of nitrogens with one attached hydrogen (secondary N) is 1. The molecule has 1 amide bonds. The molecule has 2 saturated heterocycles. The molecule has 2 heterocycles. The average Bonchev–Trinajstić information content (AvgIpc) is 2.65. The molecule has 0 aromatic heterocycles. The minimum Gasteiger partial charge on any atom is -0.436 e. The maximum absolute atomic E-state index is 12.2. The molecular formula is C15H26N2O2. The quantitative estimate of drug-likeness (QED) is 0.831. The van der Waals surface area contributed by atoms with Crippen LogP contribution in [0.3, 0.4) is 0 Å². The Morgan fingerprint density at radius 1 is 1.42 bits per heavy atom. The van der Waals surface area contributed by atoms with Gasteiger partial charge in [0.15, 0.2) is 5.60 Å². The van der Waals surface area contributed by atoms with Crippen LogP contribution in [0.5, 0.6) is 0 Å². The molecule has 1 N–H and O–H groups in total. The number of rotatable bonds is 5. The van der Waals surface area contributed by atoms with Crippen molar-refractivity contribution in [1.82, 2.24) is 10.2 Å². The highest BCUT2D eigenvalue weighted by Crippen LogP contribution is 2.41. The van der Waals surface area contributed by atoms with Gasteiger partial charge in [0.05, 0.1) is 5.70 Å². The molecule has 1 atom stereocenters. The molecule has 1 unspecified atom stereocenters. The van der Waals surface area contributed by atoms with Gasteiger partial charge in [-0.05, 0) is 25.9 Å². The van der Waals surface area contributed by atoms with Crippen LogP contribution in [0.4, 0.5) is 4.79 Å². The first-order valence-electron chi connectivity index (χ1n) is 7.57. The van der Waals surface area contributed by atoms with E-state index >= 15 is 0 Å². The lowest BCUT2D eigenvalue weighted by atomic mass is 9.89. The van der Waals surface area contributed by atoms with Gasteiger partial charge in [0, 0.05) is 18.9 Å². The predicted octanol–water partition coefficient (Wildman–Crippen LogP) is 3.04. The minimum atomic E-state index is -0.429. The Labute approximate surface area is 116 Å². The second kappa shape index (κ2) is 5.95. The van der Waals surface area contributed by atoms with Crippen LogP contribution < -0.4 is 5.32 Å². The van der Waals surface area contributed by atoms with Crippen molar-refractivity contribution in [2.24, 2.45) is 0 Å². The number of hydrogen-bond acceptors (Lipinski definition) is 3. The topological polar surface area (TPSA) is 41.6 Å². The molecule has 2 aliphatic rings. The summed E-state index contributed by atoms with van der Waals surface area (Å²) in [6, 6.07) is 0.245. The van der Waals surface area contributed by atoms with Gasteiger partial charge in [-0.2, -0.15) is 0 Å². The van der Waals surface area contributed by atoms with Crippen LogP contribution in [0, 0.1) is 0 Å². The van der Waals surface area contributed by atoms with Crippen LogP contribution in [0.2, 0.25) is 0 Å². The molecular weight excluding hydrogens is 240 g/mol. The lowest BCUT2D eigenvalue weighted by Crippen LogP contribution is -2.44. The van der Waals surface area contributed by atoms with Gasteiger partial charge in [-0.25, -0.2) is 4.79 Å². The number of ether oxygens (including phenoxy) is 1. The van der Waals surface area contributed by atoms with Crippen molar-refractivity contribution in [3.05, 3.63) is 12.3 Å². The summed E-state index contributed by atoms with van der Waals surface area (Å²) in [6.45, 7) is 10.3. The van der Waals surface area contributed by atoms with Gasteiger partial charge in [-0.3, -0.25) is 4.90 Å². The van der Waals surface area contributed by atoms with E-state index in [-0.39, 0.29) is 12.1 Å². The Hall–Kier alpha value is -1.03. The Morgan fingerprint density at radius 2 is 2.11 bits per heavy atom. The Kier molecular flexibility index (Phi) is 4.50. The lowest BCUT2D eigenvalue weighted by molar-refractivity contribution is 0.0449. The number of carbonyl (C=O) groups excluding carboxylic acids is 1. The van der Waals surface area contributed by atoms with E-state index in [2.05, 4.69) is 25.7 Å². The smallest absolute Gasteiger partial charge is 0.415 e. The van der Waals surface area contributed by atoms with E-state index in [4.69, 9.17) is 4.74 Å². The number of hydrogen-bond donors (Lipinski definition) is 1. The summed E-state index contributed by atoms with van der Waals surface area (Å²) in [5.41, 5.74) is 0.462. The molecule has 4 nitrogen and oxygen atoms in total. The summed E-state index contributed by atoms with van der Waals surface area (Å²) in [7, 11) is 0. The lowest BCUT2D eigenvalue weighted by Gasteiger charge is -2.34. The van der Waals surface area contributed by atoms with Crippen LogP contribution in [0.25, 0.3) is 0 Å². The van der Waals surface area contributed by atoms with E-state index in [9.17, 15) is 4.79 Å². The standard InChI is InChI=1S/C15H26N2O2/c1-4-6-7-13(5-2)17-12(3)15(19-14(17)18)8-10-16-11-9-15/h13,16H,3-11H2,1-2H3. The monoisotopic (exact) mass is 266 g/mol. The molecule has 1 spiro atoms. The van der Waals surface area contributed by atoms with Gasteiger partial charge < -0.3 is 10.1 Å². The summed E-state index contributed by atoms with van der Waals surface area (Å²) >= 11 is 0. The maximum Gasteiger partial charge on any atom is 0.415 e. The molecule has 108 valence electrons. The molecule has 0 saturated carbocycles. The Bertz CT molecular complexity index is 348. The molecule has 19 heavy (non-hydrogen) atoms. The largest absolute Gasteiger partial charge is 0.436 e. The van der Waals surface area contributed by atoms with Crippen molar-refractivity contribution in [3.63, 3.8) is 0 Å². The number of amides is 1. The molecule has 2 rings (SSSR count). The Morgan fingerprint density at radius 3 is 2.68 bits per heavy atom. The van der Waals surface area contributed by atoms with Crippen molar-refractivity contribution in [2.45, 2.75) is 64.0 Å². The first kappa shape index (κ1) is 14.4. The molecule has 0 aromatic rings. The van der Waals surface area contributed by atoms with E-state index in [1.54, 1.807) is 0 Å². The fourth-order valence-electron chi connectivity index (χ4n) is 3.15. The molecule has 0 aliphatic carbocycles. The first-order chi connectivity index (χ1) is 9.14.